The van der Waals surface area contributed by atoms with E-state index < -0.39 is 115 Å². The molecule has 0 spiro atoms. The molecule has 57 heavy (non-hydrogen) atoms. The first-order chi connectivity index (χ1) is 26.9. The maximum absolute atomic E-state index is 13.3. The number of hydrogen-bond donors (Lipinski definition) is 3. The van der Waals surface area contributed by atoms with Crippen LogP contribution in [0, 0.1) is 11.8 Å². The Balaban J connectivity index is 2.01. The van der Waals surface area contributed by atoms with Crippen LogP contribution in [0.1, 0.15) is 100 Å². The molecular formula is C41H67NO15. The number of ether oxygens (including phenoxy) is 8. The van der Waals surface area contributed by atoms with E-state index in [1.807, 2.05) is 13.0 Å². The molecule has 0 aromatic heterocycles. The van der Waals surface area contributed by atoms with Crippen LogP contribution < -0.4 is 0 Å². The van der Waals surface area contributed by atoms with Crippen molar-refractivity contribution < 1.29 is 72.4 Å². The number of hydrogen-bond acceptors (Lipinski definition) is 16. The average molecular weight is 814 g/mol. The quantitative estimate of drug-likeness (QED) is 0.147. The van der Waals surface area contributed by atoms with E-state index >= 15 is 0 Å². The highest BCUT2D eigenvalue weighted by Gasteiger charge is 2.53. The molecule has 16 nitrogen and oxygen atoms in total. The minimum Gasteiger partial charge on any atom is -0.462 e. The van der Waals surface area contributed by atoms with Gasteiger partial charge >= 0.3 is 17.9 Å². The van der Waals surface area contributed by atoms with Crippen molar-refractivity contribution in [3.05, 3.63) is 24.3 Å². The summed E-state index contributed by atoms with van der Waals surface area (Å²) in [6.45, 7) is 13.9. The fourth-order valence-corrected chi connectivity index (χ4v) is 7.83. The first-order valence-corrected chi connectivity index (χ1v) is 20.2. The van der Waals surface area contributed by atoms with Crippen molar-refractivity contribution in [3.63, 3.8) is 0 Å². The standard InChI is InChI=1S/C41H67NO15/c1-11-27-29(54-31(45)12-2)20-33(47)51-24(5)17-15-14-16-18-28(44)23(4)19-30(50-22-43)38(27)57-40-36(48)35(42(9)10)37(25(6)53-40)56-34-21-41(8,49)39(26(7)52-34)55-32(46)13-3/h14-16,18,22-30,34-40,44,48-49H,11-13,17,19-21H2,1-10H3/b15-14+,18-16+/t23-,24-,25-,26+,27+,28+,29-,30+,34+,35-,36-,37-,38-,39+,40+,41-/m1/s1. The van der Waals surface area contributed by atoms with E-state index in [1.54, 1.807) is 85.7 Å². The predicted octanol–water partition coefficient (Wildman–Crippen LogP) is 3.12. The van der Waals surface area contributed by atoms with Crippen LogP contribution in [-0.4, -0.2) is 144 Å². The monoisotopic (exact) mass is 813 g/mol. The summed E-state index contributed by atoms with van der Waals surface area (Å²) in [4.78, 5) is 52.1. The Morgan fingerprint density at radius 2 is 1.61 bits per heavy atom. The molecule has 3 rings (SSSR count). The van der Waals surface area contributed by atoms with E-state index in [9.17, 15) is 34.5 Å². The maximum Gasteiger partial charge on any atom is 0.309 e. The summed E-state index contributed by atoms with van der Waals surface area (Å²) in [5.74, 6) is -2.92. The number of aliphatic hydroxyl groups excluding tert-OH is 2. The molecule has 0 radical (unpaired) electrons. The van der Waals surface area contributed by atoms with E-state index in [2.05, 4.69) is 0 Å². The van der Waals surface area contributed by atoms with Crippen LogP contribution in [0.3, 0.4) is 0 Å². The normalized spacial score (nSPS) is 41.0. The number of rotatable bonds is 12. The van der Waals surface area contributed by atoms with Crippen molar-refractivity contribution in [3.8, 4) is 0 Å². The summed E-state index contributed by atoms with van der Waals surface area (Å²) in [6.07, 6.45) is -4.32. The number of aliphatic hydroxyl groups is 3. The summed E-state index contributed by atoms with van der Waals surface area (Å²) in [5.41, 5.74) is -1.49. The van der Waals surface area contributed by atoms with Crippen LogP contribution >= 0.6 is 0 Å². The zero-order chi connectivity index (χ0) is 42.6. The number of esters is 3. The second-order valence-electron chi connectivity index (χ2n) is 15.9. The fraction of sp³-hybridized carbons (Fsp3) is 0.805. The van der Waals surface area contributed by atoms with Crippen molar-refractivity contribution >= 4 is 24.4 Å². The summed E-state index contributed by atoms with van der Waals surface area (Å²) in [6, 6.07) is -0.779. The molecule has 3 heterocycles. The van der Waals surface area contributed by atoms with Gasteiger partial charge in [-0.3, -0.25) is 19.2 Å². The van der Waals surface area contributed by atoms with Crippen molar-refractivity contribution in [1.82, 2.24) is 4.90 Å². The SMILES string of the molecule is CCC(=O)O[C@@H]1CC(=O)O[C@H](C)C/C=C/C=C/[C@H](O)[C@H](C)C[C@H](OC=O)[C@H](O[C@@H]2O[C@H](C)[C@@H](O[C@H]3C[C@@](C)(O)[C@@H](OC(=O)CC)[C@H](C)O3)[C@H](N(C)C)[C@H]2O)[C@H]1CC. The second kappa shape index (κ2) is 22.4. The van der Waals surface area contributed by atoms with Crippen LogP contribution in [0.2, 0.25) is 0 Å². The summed E-state index contributed by atoms with van der Waals surface area (Å²) < 4.78 is 48.3. The van der Waals surface area contributed by atoms with Gasteiger partial charge in [0.05, 0.1) is 30.8 Å². The Morgan fingerprint density at radius 3 is 2.21 bits per heavy atom. The van der Waals surface area contributed by atoms with Crippen LogP contribution in [0.25, 0.3) is 0 Å². The van der Waals surface area contributed by atoms with Gasteiger partial charge in [-0.1, -0.05) is 52.0 Å². The highest BCUT2D eigenvalue weighted by atomic mass is 16.7. The largest absolute Gasteiger partial charge is 0.462 e. The second-order valence-corrected chi connectivity index (χ2v) is 15.9. The third-order valence-corrected chi connectivity index (χ3v) is 11.0. The number of carbonyl (C=O) groups is 4. The highest BCUT2D eigenvalue weighted by molar-refractivity contribution is 5.72. The van der Waals surface area contributed by atoms with Crippen molar-refractivity contribution in [2.24, 2.45) is 11.8 Å². The van der Waals surface area contributed by atoms with Gasteiger partial charge in [0, 0.05) is 31.6 Å². The van der Waals surface area contributed by atoms with Crippen molar-refractivity contribution in [1.29, 1.82) is 0 Å². The van der Waals surface area contributed by atoms with Gasteiger partial charge in [-0.2, -0.15) is 0 Å². The van der Waals surface area contributed by atoms with E-state index in [-0.39, 0.29) is 45.0 Å². The molecule has 0 saturated carbocycles. The van der Waals surface area contributed by atoms with Gasteiger partial charge in [0.1, 0.15) is 42.2 Å². The zero-order valence-corrected chi connectivity index (χ0v) is 35.2. The van der Waals surface area contributed by atoms with E-state index in [0.717, 1.165) is 0 Å². The lowest BCUT2D eigenvalue weighted by molar-refractivity contribution is -0.343. The first kappa shape index (κ1) is 48.4. The third-order valence-electron chi connectivity index (χ3n) is 11.0. The lowest BCUT2D eigenvalue weighted by Gasteiger charge is -2.50. The molecule has 16 atom stereocenters. The number of allylic oxidation sites excluding steroid dienone is 2. The van der Waals surface area contributed by atoms with Crippen LogP contribution in [-0.2, 0) is 57.1 Å². The fourth-order valence-electron chi connectivity index (χ4n) is 7.83. The van der Waals surface area contributed by atoms with Gasteiger partial charge in [-0.25, -0.2) is 0 Å². The Labute approximate surface area is 337 Å². The molecule has 326 valence electrons. The minimum atomic E-state index is -1.49. The molecule has 0 amide bonds. The lowest BCUT2D eigenvalue weighted by Crippen LogP contribution is -2.66. The molecule has 3 aliphatic rings. The average Bonchev–Trinajstić information content (AvgIpc) is 3.13. The lowest BCUT2D eigenvalue weighted by atomic mass is 9.83. The molecule has 2 fully saturated rings. The number of nitrogens with zero attached hydrogens (tertiary/aromatic N) is 1. The Bertz CT molecular complexity index is 1350. The van der Waals surface area contributed by atoms with Gasteiger partial charge in [-0.05, 0) is 60.5 Å². The Morgan fingerprint density at radius 1 is 0.947 bits per heavy atom. The van der Waals surface area contributed by atoms with Gasteiger partial charge in [-0.15, -0.1) is 0 Å². The summed E-state index contributed by atoms with van der Waals surface area (Å²) in [5, 5.41) is 34.5. The predicted molar refractivity (Wildman–Crippen MR) is 205 cm³/mol. The van der Waals surface area contributed by atoms with Crippen LogP contribution in [0.15, 0.2) is 24.3 Å². The Hall–Kier alpha value is -2.96. The summed E-state index contributed by atoms with van der Waals surface area (Å²) in [7, 11) is 3.50. The van der Waals surface area contributed by atoms with E-state index in [0.29, 0.717) is 6.42 Å². The topological polar surface area (TPSA) is 206 Å². The number of likely N-dealkylation sites (N-methyl/N-ethyl adjacent to an activating group) is 1. The molecular weight excluding hydrogens is 746 g/mol. The molecule has 3 N–H and O–H groups in total. The molecule has 0 unspecified atom stereocenters. The number of carbonyl (C=O) groups excluding carboxylic acids is 4. The molecule has 0 aromatic carbocycles. The van der Waals surface area contributed by atoms with Gasteiger partial charge in [0.15, 0.2) is 18.7 Å². The smallest absolute Gasteiger partial charge is 0.309 e. The molecule has 0 aromatic rings. The Kier molecular flexibility index (Phi) is 19.0. The van der Waals surface area contributed by atoms with Gasteiger partial charge in [0.2, 0.25) is 0 Å². The number of cyclic esters (lactones) is 1. The third kappa shape index (κ3) is 13.5. The molecule has 16 heteroatoms. The first-order valence-electron chi connectivity index (χ1n) is 20.2. The van der Waals surface area contributed by atoms with Gasteiger partial charge < -0.3 is 58.1 Å². The summed E-state index contributed by atoms with van der Waals surface area (Å²) >= 11 is 0. The van der Waals surface area contributed by atoms with Crippen LogP contribution in [0.5, 0.6) is 0 Å². The van der Waals surface area contributed by atoms with E-state index in [1.165, 1.54) is 0 Å². The van der Waals surface area contributed by atoms with Crippen LogP contribution in [0.4, 0.5) is 0 Å². The zero-order valence-electron chi connectivity index (χ0n) is 35.2. The van der Waals surface area contributed by atoms with Crippen molar-refractivity contribution in [2.45, 2.75) is 186 Å². The minimum absolute atomic E-state index is 0.0237. The highest BCUT2D eigenvalue weighted by Crippen LogP contribution is 2.38. The van der Waals surface area contributed by atoms with E-state index in [4.69, 9.17) is 37.9 Å². The van der Waals surface area contributed by atoms with Gasteiger partial charge in [0.25, 0.3) is 6.47 Å². The molecule has 3 aliphatic heterocycles. The molecule has 0 aliphatic carbocycles. The van der Waals surface area contributed by atoms with Crippen molar-refractivity contribution in [2.75, 3.05) is 14.1 Å². The maximum atomic E-state index is 13.3. The molecule has 2 saturated heterocycles. The molecule has 0 bridgehead atoms.